The zero-order valence-corrected chi connectivity index (χ0v) is 19.2. The quantitative estimate of drug-likeness (QED) is 0.266. The maximum Gasteiger partial charge on any atom is 0.416 e. The van der Waals surface area contributed by atoms with Crippen molar-refractivity contribution < 1.29 is 17.6 Å². The van der Waals surface area contributed by atoms with Gasteiger partial charge in [-0.05, 0) is 72.1 Å². The third-order valence-corrected chi connectivity index (χ3v) is 5.85. The highest BCUT2D eigenvalue weighted by Gasteiger charge is 2.29. The fraction of sp³-hybridized carbons (Fsp3) is 0.148. The Bertz CT molecular complexity index is 1510. The van der Waals surface area contributed by atoms with E-state index in [-0.39, 0.29) is 12.4 Å². The lowest BCUT2D eigenvalue weighted by Gasteiger charge is -2.10. The predicted molar refractivity (Wildman–Crippen MR) is 130 cm³/mol. The number of rotatable bonds is 6. The van der Waals surface area contributed by atoms with Crippen LogP contribution in [0.4, 0.5) is 23.5 Å². The van der Waals surface area contributed by atoms with Gasteiger partial charge in [-0.2, -0.15) is 13.2 Å². The van der Waals surface area contributed by atoms with E-state index >= 15 is 0 Å². The minimum absolute atomic E-state index is 0.249. The molecule has 5 aromatic rings. The van der Waals surface area contributed by atoms with E-state index in [1.807, 2.05) is 22.7 Å². The van der Waals surface area contributed by atoms with Gasteiger partial charge in [0.15, 0.2) is 0 Å². The highest BCUT2D eigenvalue weighted by Crippen LogP contribution is 2.33. The number of hydrogen-bond donors (Lipinski definition) is 1. The molecule has 2 aromatic carbocycles. The molecule has 5 rings (SSSR count). The second-order valence-corrected chi connectivity index (χ2v) is 8.25. The number of aryl methyl sites for hydroxylation is 1. The maximum absolute atomic E-state index is 13.6. The number of nitrogens with one attached hydrogen (secondary N) is 1. The van der Waals surface area contributed by atoms with E-state index in [0.29, 0.717) is 22.9 Å². The van der Waals surface area contributed by atoms with Crippen LogP contribution in [0.15, 0.2) is 79.1 Å². The lowest BCUT2D eigenvalue weighted by Crippen LogP contribution is -2.07. The monoisotopic (exact) mass is 491 g/mol. The molecule has 0 bridgehead atoms. The molecule has 0 saturated carbocycles. The second-order valence-electron chi connectivity index (χ2n) is 8.25. The number of imidazole rings is 1. The number of alkyl halides is 3. The molecule has 5 nitrogen and oxygen atoms in total. The molecular weight excluding hydrogens is 470 g/mol. The van der Waals surface area contributed by atoms with Crippen LogP contribution in [-0.2, 0) is 19.1 Å². The molecular formula is C27H21F4N5. The first-order valence-corrected chi connectivity index (χ1v) is 11.3. The Kier molecular flexibility index (Phi) is 6.13. The smallest absolute Gasteiger partial charge is 0.350 e. The average molecular weight is 491 g/mol. The Morgan fingerprint density at radius 2 is 1.64 bits per heavy atom. The molecule has 1 N–H and O–H groups in total. The van der Waals surface area contributed by atoms with Crippen molar-refractivity contribution >= 4 is 11.6 Å². The van der Waals surface area contributed by atoms with Gasteiger partial charge in [-0.1, -0.05) is 19.1 Å². The van der Waals surface area contributed by atoms with Crippen LogP contribution >= 0.6 is 0 Å². The lowest BCUT2D eigenvalue weighted by molar-refractivity contribution is -0.137. The first-order chi connectivity index (χ1) is 17.3. The van der Waals surface area contributed by atoms with Crippen molar-refractivity contribution in [2.45, 2.75) is 26.1 Å². The molecule has 0 fully saturated rings. The lowest BCUT2D eigenvalue weighted by atomic mass is 10.1. The van der Waals surface area contributed by atoms with Gasteiger partial charge in [0.25, 0.3) is 0 Å². The number of nitrogens with zero attached hydrogens (tertiary/aromatic N) is 4. The average Bonchev–Trinajstić information content (AvgIpc) is 3.26. The standard InChI is InChI=1S/C27H21F4N5/c1-2-17-12-14-36-23(15-17)35-24(19-5-9-21(28)10-6-19)25(36)22-11-13-32-26(34-22)33-16-18-3-7-20(8-4-18)27(29,30)31/h3-15H,2,16H2,1H3,(H,32,33,34). The van der Waals surface area contributed by atoms with E-state index in [0.717, 1.165) is 41.0 Å². The molecule has 0 unspecified atom stereocenters. The second kappa shape index (κ2) is 9.41. The van der Waals surface area contributed by atoms with Gasteiger partial charge in [-0.3, -0.25) is 4.40 Å². The van der Waals surface area contributed by atoms with E-state index in [9.17, 15) is 17.6 Å². The summed E-state index contributed by atoms with van der Waals surface area (Å²) in [6.45, 7) is 2.31. The van der Waals surface area contributed by atoms with Gasteiger partial charge in [0.05, 0.1) is 22.6 Å². The minimum Gasteiger partial charge on any atom is -0.350 e. The van der Waals surface area contributed by atoms with Crippen molar-refractivity contribution in [2.75, 3.05) is 5.32 Å². The molecule has 0 aliphatic rings. The first kappa shape index (κ1) is 23.5. The molecule has 0 saturated heterocycles. The zero-order valence-electron chi connectivity index (χ0n) is 19.2. The Morgan fingerprint density at radius 3 is 2.33 bits per heavy atom. The van der Waals surface area contributed by atoms with E-state index in [1.165, 1.54) is 24.3 Å². The zero-order chi connectivity index (χ0) is 25.3. The number of anilines is 1. The first-order valence-electron chi connectivity index (χ1n) is 11.3. The molecule has 0 amide bonds. The van der Waals surface area contributed by atoms with Crippen molar-refractivity contribution in [2.24, 2.45) is 0 Å². The van der Waals surface area contributed by atoms with Gasteiger partial charge in [-0.25, -0.2) is 19.3 Å². The topological polar surface area (TPSA) is 55.1 Å². The highest BCUT2D eigenvalue weighted by molar-refractivity contribution is 5.80. The third kappa shape index (κ3) is 4.77. The van der Waals surface area contributed by atoms with Crippen LogP contribution in [0, 0.1) is 5.82 Å². The molecule has 3 heterocycles. The summed E-state index contributed by atoms with van der Waals surface area (Å²) in [5, 5.41) is 3.07. The number of pyridine rings is 1. The van der Waals surface area contributed by atoms with Crippen LogP contribution in [0.2, 0.25) is 0 Å². The molecule has 3 aromatic heterocycles. The largest absolute Gasteiger partial charge is 0.416 e. The van der Waals surface area contributed by atoms with Crippen LogP contribution < -0.4 is 5.32 Å². The molecule has 0 aliphatic heterocycles. The normalized spacial score (nSPS) is 11.7. The van der Waals surface area contributed by atoms with Crippen LogP contribution in [0.3, 0.4) is 0 Å². The predicted octanol–water partition coefficient (Wildman–Crippen LogP) is 6.79. The molecule has 182 valence electrons. The third-order valence-electron chi connectivity index (χ3n) is 5.85. The van der Waals surface area contributed by atoms with Gasteiger partial charge >= 0.3 is 6.18 Å². The summed E-state index contributed by atoms with van der Waals surface area (Å²) in [5.41, 5.74) is 4.53. The fourth-order valence-corrected chi connectivity index (χ4v) is 3.93. The summed E-state index contributed by atoms with van der Waals surface area (Å²) in [4.78, 5) is 13.7. The number of benzene rings is 2. The van der Waals surface area contributed by atoms with Crippen molar-refractivity contribution in [3.8, 4) is 22.6 Å². The van der Waals surface area contributed by atoms with Crippen molar-refractivity contribution in [1.82, 2.24) is 19.4 Å². The number of fused-ring (bicyclic) bond motifs is 1. The Morgan fingerprint density at radius 1 is 0.889 bits per heavy atom. The SMILES string of the molecule is CCc1ccn2c(-c3ccnc(NCc4ccc(C(F)(F)F)cc4)n3)c(-c3ccc(F)cc3)nc2c1. The molecule has 0 radical (unpaired) electrons. The fourth-order valence-electron chi connectivity index (χ4n) is 3.93. The van der Waals surface area contributed by atoms with Gasteiger partial charge in [-0.15, -0.1) is 0 Å². The van der Waals surface area contributed by atoms with Crippen molar-refractivity contribution in [3.05, 3.63) is 102 Å². The van der Waals surface area contributed by atoms with Gasteiger partial charge in [0, 0.05) is 24.5 Å². The summed E-state index contributed by atoms with van der Waals surface area (Å²) >= 11 is 0. The molecule has 0 spiro atoms. The summed E-state index contributed by atoms with van der Waals surface area (Å²) in [5.74, 6) is -0.0216. The summed E-state index contributed by atoms with van der Waals surface area (Å²) in [6.07, 6.45) is 0.0141. The van der Waals surface area contributed by atoms with Crippen molar-refractivity contribution in [1.29, 1.82) is 0 Å². The Labute approximate surface area is 204 Å². The number of aromatic nitrogens is 4. The summed E-state index contributed by atoms with van der Waals surface area (Å²) < 4.78 is 54.0. The van der Waals surface area contributed by atoms with Gasteiger partial charge in [0.1, 0.15) is 11.5 Å². The number of hydrogen-bond acceptors (Lipinski definition) is 4. The van der Waals surface area contributed by atoms with Gasteiger partial charge in [0.2, 0.25) is 5.95 Å². The van der Waals surface area contributed by atoms with E-state index in [2.05, 4.69) is 22.2 Å². The summed E-state index contributed by atoms with van der Waals surface area (Å²) in [6, 6.07) is 16.8. The van der Waals surface area contributed by atoms with E-state index in [1.54, 1.807) is 24.4 Å². The minimum atomic E-state index is -4.38. The van der Waals surface area contributed by atoms with Crippen LogP contribution in [0.25, 0.3) is 28.3 Å². The van der Waals surface area contributed by atoms with Crippen LogP contribution in [0.1, 0.15) is 23.6 Å². The van der Waals surface area contributed by atoms with E-state index in [4.69, 9.17) is 4.98 Å². The van der Waals surface area contributed by atoms with Gasteiger partial charge < -0.3 is 5.32 Å². The number of halogens is 4. The van der Waals surface area contributed by atoms with Crippen molar-refractivity contribution in [3.63, 3.8) is 0 Å². The molecule has 36 heavy (non-hydrogen) atoms. The van der Waals surface area contributed by atoms with Crippen LogP contribution in [0.5, 0.6) is 0 Å². The highest BCUT2D eigenvalue weighted by atomic mass is 19.4. The summed E-state index contributed by atoms with van der Waals surface area (Å²) in [7, 11) is 0. The molecule has 0 atom stereocenters. The Hall–Kier alpha value is -4.27. The molecule has 9 heteroatoms. The Balaban J connectivity index is 1.49. The maximum atomic E-state index is 13.6. The van der Waals surface area contributed by atoms with Crippen LogP contribution in [-0.4, -0.2) is 19.4 Å². The van der Waals surface area contributed by atoms with E-state index < -0.39 is 11.7 Å². The molecule has 0 aliphatic carbocycles.